The van der Waals surface area contributed by atoms with Crippen LogP contribution < -0.4 is 0 Å². The molecule has 0 radical (unpaired) electrons. The van der Waals surface area contributed by atoms with Crippen molar-refractivity contribution in [2.75, 3.05) is 13.1 Å². The molecule has 0 aliphatic carbocycles. The van der Waals surface area contributed by atoms with Gasteiger partial charge in [-0.25, -0.2) is 9.37 Å². The van der Waals surface area contributed by atoms with Crippen molar-refractivity contribution in [3.63, 3.8) is 0 Å². The van der Waals surface area contributed by atoms with E-state index >= 15 is 0 Å². The van der Waals surface area contributed by atoms with Crippen LogP contribution in [0.1, 0.15) is 22.2 Å². The molecule has 7 heteroatoms. The van der Waals surface area contributed by atoms with Crippen molar-refractivity contribution < 1.29 is 19.1 Å². The molecule has 1 aromatic carbocycles. The van der Waals surface area contributed by atoms with Crippen LogP contribution in [-0.4, -0.2) is 40.0 Å². The highest BCUT2D eigenvalue weighted by molar-refractivity contribution is 7.09. The predicted octanol–water partition coefficient (Wildman–Crippen LogP) is 2.46. The summed E-state index contributed by atoms with van der Waals surface area (Å²) in [4.78, 5) is 29.9. The molecule has 0 bridgehead atoms. The van der Waals surface area contributed by atoms with Gasteiger partial charge in [-0.1, -0.05) is 12.1 Å². The zero-order chi connectivity index (χ0) is 17.3. The van der Waals surface area contributed by atoms with Gasteiger partial charge in [0.25, 0.3) is 0 Å². The first-order valence-corrected chi connectivity index (χ1v) is 8.49. The van der Waals surface area contributed by atoms with Crippen molar-refractivity contribution >= 4 is 23.2 Å². The van der Waals surface area contributed by atoms with Crippen LogP contribution in [0.15, 0.2) is 29.6 Å². The molecular weight excluding hydrogens is 331 g/mol. The summed E-state index contributed by atoms with van der Waals surface area (Å²) in [5.74, 6) is -2.45. The number of carboxylic acid groups (broad SMARTS) is 1. The minimum atomic E-state index is -0.941. The molecule has 0 saturated carbocycles. The minimum absolute atomic E-state index is 0.129. The number of benzene rings is 1. The number of likely N-dealkylation sites (tertiary alicyclic amines) is 1. The Labute approximate surface area is 142 Å². The number of carbonyl (C=O) groups is 2. The van der Waals surface area contributed by atoms with Crippen LogP contribution in [0, 0.1) is 18.7 Å². The SMILES string of the molecule is Cc1nc(CC(=O)N2C[C@@H](C(=O)O)[C@H](c3ccc(F)cc3)C2)cs1. The highest BCUT2D eigenvalue weighted by Crippen LogP contribution is 2.33. The van der Waals surface area contributed by atoms with Crippen molar-refractivity contribution in [3.05, 3.63) is 51.7 Å². The average molecular weight is 348 g/mol. The molecule has 2 atom stereocenters. The number of aliphatic carboxylic acids is 1. The molecule has 5 nitrogen and oxygen atoms in total. The Bertz CT molecular complexity index is 759. The lowest BCUT2D eigenvalue weighted by Crippen LogP contribution is -2.31. The molecule has 1 fully saturated rings. The molecule has 0 unspecified atom stereocenters. The maximum Gasteiger partial charge on any atom is 0.308 e. The van der Waals surface area contributed by atoms with Crippen LogP contribution in [0.5, 0.6) is 0 Å². The summed E-state index contributed by atoms with van der Waals surface area (Å²) in [6, 6.07) is 5.81. The number of halogens is 1. The van der Waals surface area contributed by atoms with E-state index in [0.29, 0.717) is 12.2 Å². The monoisotopic (exact) mass is 348 g/mol. The molecule has 126 valence electrons. The van der Waals surface area contributed by atoms with Gasteiger partial charge in [0, 0.05) is 24.4 Å². The maximum absolute atomic E-state index is 13.1. The maximum atomic E-state index is 13.1. The smallest absolute Gasteiger partial charge is 0.308 e. The molecule has 0 spiro atoms. The number of nitrogens with zero attached hydrogens (tertiary/aromatic N) is 2. The third-order valence-corrected chi connectivity index (χ3v) is 5.11. The molecule has 1 saturated heterocycles. The fourth-order valence-corrected chi connectivity index (χ4v) is 3.67. The number of hydrogen-bond donors (Lipinski definition) is 1. The zero-order valence-corrected chi connectivity index (χ0v) is 13.9. The third-order valence-electron chi connectivity index (χ3n) is 4.29. The van der Waals surface area contributed by atoms with E-state index in [9.17, 15) is 19.1 Å². The van der Waals surface area contributed by atoms with E-state index in [4.69, 9.17) is 0 Å². The van der Waals surface area contributed by atoms with Crippen molar-refractivity contribution in [1.82, 2.24) is 9.88 Å². The van der Waals surface area contributed by atoms with Gasteiger partial charge in [0.05, 0.1) is 23.0 Å². The van der Waals surface area contributed by atoms with Crippen LogP contribution in [0.25, 0.3) is 0 Å². The lowest BCUT2D eigenvalue weighted by molar-refractivity contribution is -0.141. The van der Waals surface area contributed by atoms with E-state index in [2.05, 4.69) is 4.98 Å². The summed E-state index contributed by atoms with van der Waals surface area (Å²) in [7, 11) is 0. The van der Waals surface area contributed by atoms with Gasteiger partial charge in [0.1, 0.15) is 5.82 Å². The standard InChI is InChI=1S/C17H17FN2O3S/c1-10-19-13(9-24-10)6-16(21)20-7-14(15(8-20)17(22)23)11-2-4-12(18)5-3-11/h2-5,9,14-15H,6-8H2,1H3,(H,22,23)/t14-,15+/m0/s1. The largest absolute Gasteiger partial charge is 0.481 e. The van der Waals surface area contributed by atoms with E-state index < -0.39 is 11.9 Å². The van der Waals surface area contributed by atoms with Gasteiger partial charge in [-0.3, -0.25) is 9.59 Å². The number of carboxylic acids is 1. The van der Waals surface area contributed by atoms with Crippen LogP contribution in [0.4, 0.5) is 4.39 Å². The second-order valence-electron chi connectivity index (χ2n) is 5.94. The molecule has 2 heterocycles. The quantitative estimate of drug-likeness (QED) is 0.921. The van der Waals surface area contributed by atoms with Gasteiger partial charge in [-0.05, 0) is 24.6 Å². The van der Waals surface area contributed by atoms with Crippen LogP contribution in [0.2, 0.25) is 0 Å². The highest BCUT2D eigenvalue weighted by Gasteiger charge is 2.40. The summed E-state index contributed by atoms with van der Waals surface area (Å²) >= 11 is 1.48. The Kier molecular flexibility index (Phi) is 4.62. The number of carbonyl (C=O) groups excluding carboxylic acids is 1. The van der Waals surface area contributed by atoms with E-state index in [1.807, 2.05) is 12.3 Å². The summed E-state index contributed by atoms with van der Waals surface area (Å²) in [5, 5.41) is 12.2. The first kappa shape index (κ1) is 16.6. The van der Waals surface area contributed by atoms with Crippen LogP contribution in [0.3, 0.4) is 0 Å². The average Bonchev–Trinajstić information content (AvgIpc) is 3.15. The molecular formula is C17H17FN2O3S. The summed E-state index contributed by atoms with van der Waals surface area (Å²) in [5.41, 5.74) is 1.45. The Balaban J connectivity index is 1.75. The first-order chi connectivity index (χ1) is 11.4. The highest BCUT2D eigenvalue weighted by atomic mass is 32.1. The lowest BCUT2D eigenvalue weighted by Gasteiger charge is -2.16. The predicted molar refractivity (Wildman–Crippen MR) is 87.4 cm³/mol. The fourth-order valence-electron chi connectivity index (χ4n) is 3.06. The third kappa shape index (κ3) is 3.46. The van der Waals surface area contributed by atoms with Crippen molar-refractivity contribution in [1.29, 1.82) is 0 Å². The van der Waals surface area contributed by atoms with Crippen molar-refractivity contribution in [2.24, 2.45) is 5.92 Å². The lowest BCUT2D eigenvalue weighted by atomic mass is 9.89. The van der Waals surface area contributed by atoms with Crippen LogP contribution in [-0.2, 0) is 16.0 Å². The normalized spacial score (nSPS) is 20.3. The molecule has 1 aromatic heterocycles. The summed E-state index contributed by atoms with van der Waals surface area (Å²) < 4.78 is 13.1. The Morgan fingerprint density at radius 3 is 2.62 bits per heavy atom. The van der Waals surface area contributed by atoms with E-state index in [1.165, 1.54) is 23.5 Å². The Hall–Kier alpha value is -2.28. The molecule has 1 aliphatic rings. The topological polar surface area (TPSA) is 70.5 Å². The van der Waals surface area contributed by atoms with Crippen LogP contribution >= 0.6 is 11.3 Å². The van der Waals surface area contributed by atoms with E-state index in [0.717, 1.165) is 10.6 Å². The molecule has 3 rings (SSSR count). The summed E-state index contributed by atoms with van der Waals surface area (Å²) in [6.45, 7) is 2.36. The van der Waals surface area contributed by atoms with E-state index in [1.54, 1.807) is 17.0 Å². The number of thiazole rings is 1. The second-order valence-corrected chi connectivity index (χ2v) is 7.00. The fraction of sp³-hybridized carbons (Fsp3) is 0.353. The van der Waals surface area contributed by atoms with Gasteiger partial charge >= 0.3 is 5.97 Å². The summed E-state index contributed by atoms with van der Waals surface area (Å²) in [6.07, 6.45) is 0.173. The molecule has 1 amide bonds. The Morgan fingerprint density at radius 2 is 2.04 bits per heavy atom. The number of aryl methyl sites for hydroxylation is 1. The van der Waals surface area contributed by atoms with Gasteiger partial charge in [0.15, 0.2) is 0 Å². The van der Waals surface area contributed by atoms with Gasteiger partial charge < -0.3 is 10.0 Å². The number of amides is 1. The minimum Gasteiger partial charge on any atom is -0.481 e. The van der Waals surface area contributed by atoms with Crippen molar-refractivity contribution in [2.45, 2.75) is 19.3 Å². The Morgan fingerprint density at radius 1 is 1.33 bits per heavy atom. The molecule has 2 aromatic rings. The van der Waals surface area contributed by atoms with E-state index in [-0.39, 0.29) is 30.6 Å². The second kappa shape index (κ2) is 6.68. The number of hydrogen-bond acceptors (Lipinski definition) is 4. The zero-order valence-electron chi connectivity index (χ0n) is 13.1. The van der Waals surface area contributed by atoms with Gasteiger partial charge in [-0.2, -0.15) is 0 Å². The number of rotatable bonds is 4. The first-order valence-electron chi connectivity index (χ1n) is 7.61. The van der Waals surface area contributed by atoms with Crippen molar-refractivity contribution in [3.8, 4) is 0 Å². The molecule has 24 heavy (non-hydrogen) atoms. The molecule has 1 N–H and O–H groups in total. The molecule has 1 aliphatic heterocycles. The van der Waals surface area contributed by atoms with Gasteiger partial charge in [-0.15, -0.1) is 11.3 Å². The van der Waals surface area contributed by atoms with Gasteiger partial charge in [0.2, 0.25) is 5.91 Å². The number of aromatic nitrogens is 1.